The van der Waals surface area contributed by atoms with E-state index in [1.807, 2.05) is 6.20 Å². The maximum atomic E-state index is 4.65. The molecule has 3 nitrogen and oxygen atoms in total. The van der Waals surface area contributed by atoms with Gasteiger partial charge in [-0.15, -0.1) is 0 Å². The third kappa shape index (κ3) is 2.50. The molecular weight excluding hydrogens is 426 g/mol. The molecule has 5 aromatic carbocycles. The molecule has 0 fully saturated rings. The van der Waals surface area contributed by atoms with E-state index >= 15 is 0 Å². The van der Waals surface area contributed by atoms with Gasteiger partial charge in [-0.3, -0.25) is 4.57 Å². The highest BCUT2D eigenvalue weighted by Gasteiger charge is 2.22. The molecule has 2 aromatic heterocycles. The van der Waals surface area contributed by atoms with Crippen LogP contribution in [0.4, 0.5) is 0 Å². The lowest BCUT2D eigenvalue weighted by Gasteiger charge is -2.12. The summed E-state index contributed by atoms with van der Waals surface area (Å²) in [5.74, 6) is 0. The average molecular weight is 446 g/mol. The van der Waals surface area contributed by atoms with Crippen LogP contribution >= 0.6 is 0 Å². The molecule has 0 amide bonds. The summed E-state index contributed by atoms with van der Waals surface area (Å²) in [5.41, 5.74) is 10.9. The topological polar surface area (TPSA) is 30.7 Å². The van der Waals surface area contributed by atoms with Gasteiger partial charge in [0, 0.05) is 22.7 Å². The summed E-state index contributed by atoms with van der Waals surface area (Å²) in [6.07, 6.45) is 3.54. The van der Waals surface area contributed by atoms with Gasteiger partial charge in [0.15, 0.2) is 0 Å². The number of nitrogens with zero attached hydrogens (tertiary/aromatic N) is 3. The molecule has 2 heterocycles. The summed E-state index contributed by atoms with van der Waals surface area (Å²) in [4.78, 5) is 8.94. The fourth-order valence-corrected chi connectivity index (χ4v) is 5.84. The maximum absolute atomic E-state index is 4.65. The van der Waals surface area contributed by atoms with Crippen molar-refractivity contribution in [2.75, 3.05) is 0 Å². The Kier molecular flexibility index (Phi) is 3.66. The zero-order chi connectivity index (χ0) is 22.9. The van der Waals surface area contributed by atoms with Crippen LogP contribution in [-0.4, -0.2) is 14.5 Å². The summed E-state index contributed by atoms with van der Waals surface area (Å²) in [6.45, 7) is 0. The minimum Gasteiger partial charge on any atom is -0.294 e. The first kappa shape index (κ1) is 18.6. The Labute approximate surface area is 202 Å². The van der Waals surface area contributed by atoms with Crippen LogP contribution in [-0.2, 0) is 0 Å². The minimum absolute atomic E-state index is 0.925. The smallest absolute Gasteiger partial charge is 0.148 e. The van der Waals surface area contributed by atoms with E-state index in [1.54, 1.807) is 6.33 Å². The average Bonchev–Trinajstić information content (AvgIpc) is 3.44. The third-order valence-corrected chi connectivity index (χ3v) is 7.30. The zero-order valence-electron chi connectivity index (χ0n) is 18.8. The predicted octanol–water partition coefficient (Wildman–Crippen LogP) is 8.04. The molecule has 0 saturated heterocycles. The second-order valence-electron chi connectivity index (χ2n) is 9.10. The first-order valence-electron chi connectivity index (χ1n) is 11.8. The standard InChI is InChI=1S/C32H19N3/c1-2-10-24-23(9-1)27-13-6-12-26-22(15-16-28(24)31(26)27)20-7-5-8-21(17-20)35-30-14-4-3-11-25(30)29-18-33-19-34-32(29)35/h1-19H. The van der Waals surface area contributed by atoms with E-state index < -0.39 is 0 Å². The molecule has 35 heavy (non-hydrogen) atoms. The van der Waals surface area contributed by atoms with E-state index in [1.165, 1.54) is 44.2 Å². The number of rotatable bonds is 2. The molecule has 0 unspecified atom stereocenters. The van der Waals surface area contributed by atoms with Crippen LogP contribution in [0.25, 0.3) is 71.8 Å². The van der Waals surface area contributed by atoms with Crippen LogP contribution in [0.3, 0.4) is 0 Å². The van der Waals surface area contributed by atoms with Gasteiger partial charge in [-0.2, -0.15) is 0 Å². The normalized spacial score (nSPS) is 12.0. The lowest BCUT2D eigenvalue weighted by Crippen LogP contribution is -1.96. The van der Waals surface area contributed by atoms with Crippen LogP contribution < -0.4 is 0 Å². The molecule has 0 atom stereocenters. The number of hydrogen-bond donors (Lipinski definition) is 0. The molecule has 8 rings (SSSR count). The molecule has 162 valence electrons. The Morgan fingerprint density at radius 1 is 0.543 bits per heavy atom. The van der Waals surface area contributed by atoms with Gasteiger partial charge in [-0.25, -0.2) is 9.97 Å². The van der Waals surface area contributed by atoms with Gasteiger partial charge in [-0.1, -0.05) is 84.9 Å². The van der Waals surface area contributed by atoms with E-state index in [9.17, 15) is 0 Å². The summed E-state index contributed by atoms with van der Waals surface area (Å²) in [5, 5.41) is 4.87. The van der Waals surface area contributed by atoms with Crippen LogP contribution in [0.1, 0.15) is 0 Å². The van der Waals surface area contributed by atoms with Gasteiger partial charge in [0.1, 0.15) is 12.0 Å². The van der Waals surface area contributed by atoms with Crippen molar-refractivity contribution in [3.63, 3.8) is 0 Å². The maximum Gasteiger partial charge on any atom is 0.148 e. The molecule has 0 radical (unpaired) electrons. The molecule has 1 aliphatic rings. The lowest BCUT2D eigenvalue weighted by atomic mass is 9.94. The van der Waals surface area contributed by atoms with Crippen molar-refractivity contribution < 1.29 is 0 Å². The van der Waals surface area contributed by atoms with Crippen molar-refractivity contribution >= 4 is 32.7 Å². The van der Waals surface area contributed by atoms with Crippen molar-refractivity contribution in [3.05, 3.63) is 116 Å². The Hall–Kier alpha value is -4.76. The van der Waals surface area contributed by atoms with Crippen molar-refractivity contribution in [3.8, 4) is 39.1 Å². The van der Waals surface area contributed by atoms with Gasteiger partial charge in [0.2, 0.25) is 0 Å². The Bertz CT molecular complexity index is 1880. The number of hydrogen-bond acceptors (Lipinski definition) is 2. The van der Waals surface area contributed by atoms with Gasteiger partial charge in [0.05, 0.1) is 5.52 Å². The fraction of sp³-hybridized carbons (Fsp3) is 0. The first-order valence-corrected chi connectivity index (χ1v) is 11.8. The summed E-state index contributed by atoms with van der Waals surface area (Å²) in [7, 11) is 0. The van der Waals surface area contributed by atoms with Crippen LogP contribution in [0.2, 0.25) is 0 Å². The molecular formula is C32H19N3. The highest BCUT2D eigenvalue weighted by Crippen LogP contribution is 2.49. The number of aromatic nitrogens is 3. The third-order valence-electron chi connectivity index (χ3n) is 7.30. The largest absolute Gasteiger partial charge is 0.294 e. The lowest BCUT2D eigenvalue weighted by molar-refractivity contribution is 1.11. The molecule has 0 bridgehead atoms. The minimum atomic E-state index is 0.925. The van der Waals surface area contributed by atoms with Crippen molar-refractivity contribution in [1.82, 2.24) is 14.5 Å². The predicted molar refractivity (Wildman–Crippen MR) is 144 cm³/mol. The van der Waals surface area contributed by atoms with E-state index in [0.717, 1.165) is 27.6 Å². The summed E-state index contributed by atoms with van der Waals surface area (Å²) < 4.78 is 2.24. The molecule has 7 aromatic rings. The molecule has 3 heteroatoms. The van der Waals surface area contributed by atoms with Crippen LogP contribution in [0.5, 0.6) is 0 Å². The van der Waals surface area contributed by atoms with E-state index in [0.29, 0.717) is 0 Å². The van der Waals surface area contributed by atoms with Gasteiger partial charge >= 0.3 is 0 Å². The van der Waals surface area contributed by atoms with Crippen molar-refractivity contribution in [1.29, 1.82) is 0 Å². The monoisotopic (exact) mass is 445 g/mol. The highest BCUT2D eigenvalue weighted by atomic mass is 15.1. The number of para-hydroxylation sites is 1. The summed E-state index contributed by atoms with van der Waals surface area (Å²) in [6, 6.07) is 37.2. The van der Waals surface area contributed by atoms with E-state index in [4.69, 9.17) is 0 Å². The van der Waals surface area contributed by atoms with Gasteiger partial charge < -0.3 is 0 Å². The van der Waals surface area contributed by atoms with Crippen LogP contribution in [0, 0.1) is 0 Å². The molecule has 0 saturated carbocycles. The van der Waals surface area contributed by atoms with Crippen molar-refractivity contribution in [2.45, 2.75) is 0 Å². The highest BCUT2D eigenvalue weighted by molar-refractivity contribution is 6.18. The molecule has 1 aliphatic carbocycles. The molecule has 0 aliphatic heterocycles. The van der Waals surface area contributed by atoms with E-state index in [2.05, 4.69) is 118 Å². The summed E-state index contributed by atoms with van der Waals surface area (Å²) >= 11 is 0. The van der Waals surface area contributed by atoms with Crippen molar-refractivity contribution in [2.24, 2.45) is 0 Å². The van der Waals surface area contributed by atoms with E-state index in [-0.39, 0.29) is 0 Å². The van der Waals surface area contributed by atoms with Crippen LogP contribution in [0.15, 0.2) is 116 Å². The molecule has 0 N–H and O–H groups in total. The second-order valence-corrected chi connectivity index (χ2v) is 9.10. The zero-order valence-corrected chi connectivity index (χ0v) is 18.8. The fourth-order valence-electron chi connectivity index (χ4n) is 5.84. The Morgan fingerprint density at radius 3 is 2.17 bits per heavy atom. The van der Waals surface area contributed by atoms with Gasteiger partial charge in [0.25, 0.3) is 0 Å². The second kappa shape index (κ2) is 6.87. The number of benzene rings is 5. The van der Waals surface area contributed by atoms with Gasteiger partial charge in [-0.05, 0) is 62.4 Å². The Balaban J connectivity index is 1.38. The number of fused-ring (bicyclic) bond motifs is 6. The quantitative estimate of drug-likeness (QED) is 0.269. The molecule has 0 spiro atoms. The first-order chi connectivity index (χ1) is 17.4. The SMILES string of the molecule is c1cc(-c2ccc3c4c(cccc24)-c2ccccc2-3)cc(-n2c3ccccc3c3cncnc32)c1. The Morgan fingerprint density at radius 2 is 1.26 bits per heavy atom.